The smallest absolute Gasteiger partial charge is 0.180 e. The normalized spacial score (nSPS) is 18.1. The van der Waals surface area contributed by atoms with Gasteiger partial charge in [0.1, 0.15) is 0 Å². The number of hydrogen-bond acceptors (Lipinski definition) is 6. The van der Waals surface area contributed by atoms with Gasteiger partial charge in [-0.05, 0) is 18.3 Å². The standard InChI is InChI=1S/C13H20N6O/c1-13(2-6-20-7-3-13)9-16-11-12-15-4-5-19(12)8-10(17-11)18-14/h4-5,8,18H,2-3,6-7,9,14H2,1H3,(H,16,17). The van der Waals surface area contributed by atoms with E-state index in [1.165, 1.54) is 0 Å². The molecule has 4 N–H and O–H groups in total. The molecule has 20 heavy (non-hydrogen) atoms. The Labute approximate surface area is 117 Å². The molecule has 3 heterocycles. The van der Waals surface area contributed by atoms with E-state index >= 15 is 0 Å². The molecule has 0 aromatic carbocycles. The molecule has 0 atom stereocenters. The zero-order valence-electron chi connectivity index (χ0n) is 11.6. The maximum Gasteiger partial charge on any atom is 0.180 e. The van der Waals surface area contributed by atoms with E-state index in [-0.39, 0.29) is 5.41 Å². The molecule has 1 aliphatic rings. The Morgan fingerprint density at radius 3 is 3.00 bits per heavy atom. The first-order valence-electron chi connectivity index (χ1n) is 6.82. The van der Waals surface area contributed by atoms with Crippen molar-refractivity contribution in [3.8, 4) is 0 Å². The number of hydrogen-bond donors (Lipinski definition) is 3. The van der Waals surface area contributed by atoms with Crippen molar-refractivity contribution in [2.24, 2.45) is 11.3 Å². The number of nitrogens with one attached hydrogen (secondary N) is 2. The third-order valence-corrected chi connectivity index (χ3v) is 3.90. The Morgan fingerprint density at radius 2 is 2.25 bits per heavy atom. The summed E-state index contributed by atoms with van der Waals surface area (Å²) in [6.07, 6.45) is 7.54. The van der Waals surface area contributed by atoms with Crippen molar-refractivity contribution in [2.75, 3.05) is 30.5 Å². The Balaban J connectivity index is 1.81. The van der Waals surface area contributed by atoms with Gasteiger partial charge in [0.05, 0.1) is 6.20 Å². The van der Waals surface area contributed by atoms with Crippen LogP contribution in [0.3, 0.4) is 0 Å². The van der Waals surface area contributed by atoms with Crippen LogP contribution in [0.1, 0.15) is 19.8 Å². The number of aromatic nitrogens is 3. The van der Waals surface area contributed by atoms with Crippen LogP contribution in [0, 0.1) is 5.41 Å². The van der Waals surface area contributed by atoms with Crippen LogP contribution < -0.4 is 16.6 Å². The predicted octanol–water partition coefficient (Wildman–Crippen LogP) is 1.24. The second-order valence-electron chi connectivity index (χ2n) is 5.55. The highest BCUT2D eigenvalue weighted by Gasteiger charge is 2.27. The number of anilines is 2. The van der Waals surface area contributed by atoms with E-state index in [0.29, 0.717) is 5.82 Å². The van der Waals surface area contributed by atoms with Gasteiger partial charge in [-0.2, -0.15) is 0 Å². The molecule has 0 bridgehead atoms. The van der Waals surface area contributed by atoms with Gasteiger partial charge in [0.15, 0.2) is 17.3 Å². The molecule has 0 saturated carbocycles. The lowest BCUT2D eigenvalue weighted by molar-refractivity contribution is 0.0300. The fourth-order valence-electron chi connectivity index (χ4n) is 2.46. The number of rotatable bonds is 4. The number of fused-ring (bicyclic) bond motifs is 1. The molecule has 0 aliphatic carbocycles. The largest absolute Gasteiger partial charge is 0.381 e. The fourth-order valence-corrected chi connectivity index (χ4v) is 2.46. The number of hydrazine groups is 1. The lowest BCUT2D eigenvalue weighted by Crippen LogP contribution is -2.33. The van der Waals surface area contributed by atoms with Crippen LogP contribution >= 0.6 is 0 Å². The Morgan fingerprint density at radius 1 is 1.45 bits per heavy atom. The number of nitrogens with two attached hydrogens (primary N) is 1. The third kappa shape index (κ3) is 2.54. The van der Waals surface area contributed by atoms with E-state index in [1.54, 1.807) is 6.20 Å². The number of nitrogen functional groups attached to an aromatic ring is 1. The molecule has 1 fully saturated rings. The summed E-state index contributed by atoms with van der Waals surface area (Å²) in [7, 11) is 0. The average Bonchev–Trinajstić information content (AvgIpc) is 2.93. The lowest BCUT2D eigenvalue weighted by Gasteiger charge is -2.33. The van der Waals surface area contributed by atoms with Gasteiger partial charge in [-0.25, -0.2) is 15.8 Å². The van der Waals surface area contributed by atoms with Crippen molar-refractivity contribution in [3.63, 3.8) is 0 Å². The molecule has 1 saturated heterocycles. The molecule has 1 aliphatic heterocycles. The SMILES string of the molecule is CC1(CNc2nc(NN)cn3ccnc23)CCOCC1. The molecule has 0 unspecified atom stereocenters. The van der Waals surface area contributed by atoms with Gasteiger partial charge in [0.25, 0.3) is 0 Å². The molecule has 7 heteroatoms. The van der Waals surface area contributed by atoms with E-state index in [0.717, 1.165) is 44.1 Å². The predicted molar refractivity (Wildman–Crippen MR) is 77.4 cm³/mol. The molecule has 0 amide bonds. The minimum Gasteiger partial charge on any atom is -0.381 e. The topological polar surface area (TPSA) is 89.5 Å². The minimum absolute atomic E-state index is 0.232. The third-order valence-electron chi connectivity index (χ3n) is 3.90. The average molecular weight is 276 g/mol. The van der Waals surface area contributed by atoms with Gasteiger partial charge in [0, 0.05) is 32.2 Å². The zero-order chi connectivity index (χ0) is 14.0. The summed E-state index contributed by atoms with van der Waals surface area (Å²) in [6.45, 7) is 4.78. The van der Waals surface area contributed by atoms with Crippen molar-refractivity contribution >= 4 is 17.3 Å². The number of nitrogens with zero attached hydrogens (tertiary/aromatic N) is 3. The summed E-state index contributed by atoms with van der Waals surface area (Å²) in [6, 6.07) is 0. The van der Waals surface area contributed by atoms with Crippen LogP contribution in [0.4, 0.5) is 11.6 Å². The number of imidazole rings is 1. The highest BCUT2D eigenvalue weighted by atomic mass is 16.5. The second kappa shape index (κ2) is 5.26. The van der Waals surface area contributed by atoms with Crippen molar-refractivity contribution in [2.45, 2.75) is 19.8 Å². The van der Waals surface area contributed by atoms with Gasteiger partial charge < -0.3 is 19.9 Å². The molecule has 2 aromatic rings. The molecule has 0 radical (unpaired) electrons. The van der Waals surface area contributed by atoms with Gasteiger partial charge in [-0.1, -0.05) is 6.92 Å². The summed E-state index contributed by atoms with van der Waals surface area (Å²) in [5.41, 5.74) is 3.61. The summed E-state index contributed by atoms with van der Waals surface area (Å²) in [5.74, 6) is 6.81. The van der Waals surface area contributed by atoms with E-state index in [4.69, 9.17) is 10.6 Å². The second-order valence-corrected chi connectivity index (χ2v) is 5.55. The maximum atomic E-state index is 5.45. The molecule has 108 valence electrons. The van der Waals surface area contributed by atoms with Crippen LogP contribution in [-0.4, -0.2) is 34.1 Å². The lowest BCUT2D eigenvalue weighted by atomic mass is 9.82. The molecule has 0 spiro atoms. The Bertz CT molecular complexity index is 590. The van der Waals surface area contributed by atoms with Gasteiger partial charge >= 0.3 is 0 Å². The van der Waals surface area contributed by atoms with Crippen molar-refractivity contribution in [1.29, 1.82) is 0 Å². The monoisotopic (exact) mass is 276 g/mol. The van der Waals surface area contributed by atoms with E-state index in [9.17, 15) is 0 Å². The van der Waals surface area contributed by atoms with Crippen LogP contribution in [-0.2, 0) is 4.74 Å². The van der Waals surface area contributed by atoms with Crippen molar-refractivity contribution in [3.05, 3.63) is 18.6 Å². The fraction of sp³-hybridized carbons (Fsp3) is 0.538. The van der Waals surface area contributed by atoms with Crippen molar-refractivity contribution < 1.29 is 4.74 Å². The van der Waals surface area contributed by atoms with Gasteiger partial charge in [0.2, 0.25) is 0 Å². The first kappa shape index (κ1) is 13.1. The van der Waals surface area contributed by atoms with E-state index < -0.39 is 0 Å². The summed E-state index contributed by atoms with van der Waals surface area (Å²) >= 11 is 0. The van der Waals surface area contributed by atoms with Gasteiger partial charge in [-0.15, -0.1) is 0 Å². The Hall–Kier alpha value is -1.86. The Kier molecular flexibility index (Phi) is 3.45. The van der Waals surface area contributed by atoms with E-state index in [2.05, 4.69) is 27.6 Å². The van der Waals surface area contributed by atoms with Crippen LogP contribution in [0.15, 0.2) is 18.6 Å². The quantitative estimate of drug-likeness (QED) is 0.575. The summed E-state index contributed by atoms with van der Waals surface area (Å²) < 4.78 is 7.32. The number of ether oxygens (including phenoxy) is 1. The van der Waals surface area contributed by atoms with Crippen molar-refractivity contribution in [1.82, 2.24) is 14.4 Å². The molecule has 2 aromatic heterocycles. The van der Waals surface area contributed by atoms with Gasteiger partial charge in [-0.3, -0.25) is 0 Å². The summed E-state index contributed by atoms with van der Waals surface area (Å²) in [4.78, 5) is 8.77. The summed E-state index contributed by atoms with van der Waals surface area (Å²) in [5, 5.41) is 3.41. The molecular formula is C13H20N6O. The minimum atomic E-state index is 0.232. The first-order chi connectivity index (χ1) is 9.70. The highest BCUT2D eigenvalue weighted by molar-refractivity contribution is 5.65. The maximum absolute atomic E-state index is 5.45. The van der Waals surface area contributed by atoms with Crippen LogP contribution in [0.25, 0.3) is 5.65 Å². The van der Waals surface area contributed by atoms with E-state index in [1.807, 2.05) is 16.8 Å². The molecule has 7 nitrogen and oxygen atoms in total. The first-order valence-corrected chi connectivity index (χ1v) is 6.82. The molecule has 3 rings (SSSR count). The zero-order valence-corrected chi connectivity index (χ0v) is 11.6. The van der Waals surface area contributed by atoms with Crippen LogP contribution in [0.2, 0.25) is 0 Å². The molecular weight excluding hydrogens is 256 g/mol. The highest BCUT2D eigenvalue weighted by Crippen LogP contribution is 2.30. The van der Waals surface area contributed by atoms with Crippen LogP contribution in [0.5, 0.6) is 0 Å².